The van der Waals surface area contributed by atoms with E-state index in [-0.39, 0.29) is 24.0 Å². The summed E-state index contributed by atoms with van der Waals surface area (Å²) in [7, 11) is 1.77. The van der Waals surface area contributed by atoms with Crippen LogP contribution in [0.2, 0.25) is 5.02 Å². The van der Waals surface area contributed by atoms with Crippen molar-refractivity contribution in [3.05, 3.63) is 34.9 Å². The molecule has 1 aromatic rings. The predicted octanol–water partition coefficient (Wildman–Crippen LogP) is 3.46. The molecule has 0 bridgehead atoms. The fraction of sp³-hybridized carbons (Fsp3) is 0.611. The van der Waals surface area contributed by atoms with Crippen molar-refractivity contribution in [2.45, 2.75) is 25.8 Å². The zero-order valence-corrected chi connectivity index (χ0v) is 17.9. The van der Waals surface area contributed by atoms with E-state index >= 15 is 0 Å². The minimum atomic E-state index is 0. The highest BCUT2D eigenvalue weighted by Crippen LogP contribution is 2.15. The molecule has 2 rings (SSSR count). The lowest BCUT2D eigenvalue weighted by Crippen LogP contribution is -2.37. The Morgan fingerprint density at radius 2 is 2.04 bits per heavy atom. The third-order valence-corrected chi connectivity index (χ3v) is 4.45. The number of ether oxygens (including phenoxy) is 2. The Balaban J connectivity index is 0.00000312. The fourth-order valence-corrected chi connectivity index (χ4v) is 2.79. The van der Waals surface area contributed by atoms with Gasteiger partial charge in [0.15, 0.2) is 5.96 Å². The van der Waals surface area contributed by atoms with Gasteiger partial charge in [-0.05, 0) is 36.8 Å². The molecule has 1 saturated heterocycles. The average molecular weight is 482 g/mol. The van der Waals surface area contributed by atoms with Crippen LogP contribution in [0.3, 0.4) is 0 Å². The zero-order valence-electron chi connectivity index (χ0n) is 14.8. The summed E-state index contributed by atoms with van der Waals surface area (Å²) in [4.78, 5) is 4.22. The number of nitrogens with one attached hydrogen (secondary N) is 2. The maximum absolute atomic E-state index is 6.15. The van der Waals surface area contributed by atoms with Gasteiger partial charge in [0.25, 0.3) is 0 Å². The zero-order chi connectivity index (χ0) is 17.0. The van der Waals surface area contributed by atoms with Crippen molar-refractivity contribution in [2.24, 2.45) is 10.9 Å². The van der Waals surface area contributed by atoms with Gasteiger partial charge in [0, 0.05) is 51.6 Å². The molecule has 0 aliphatic carbocycles. The molecule has 0 atom stereocenters. The maximum Gasteiger partial charge on any atom is 0.191 e. The molecule has 0 amide bonds. The monoisotopic (exact) mass is 481 g/mol. The van der Waals surface area contributed by atoms with E-state index in [1.807, 2.05) is 24.3 Å². The lowest BCUT2D eigenvalue weighted by atomic mass is 10.0. The number of halogens is 2. The van der Waals surface area contributed by atoms with Crippen LogP contribution in [-0.4, -0.2) is 46.0 Å². The normalized spacial score (nSPS) is 15.5. The number of aliphatic imine (C=N–C) groups is 1. The molecule has 1 heterocycles. The van der Waals surface area contributed by atoms with Crippen LogP contribution in [0.5, 0.6) is 0 Å². The highest BCUT2D eigenvalue weighted by Gasteiger charge is 2.13. The lowest BCUT2D eigenvalue weighted by molar-refractivity contribution is 0.0203. The molecule has 0 aromatic heterocycles. The Morgan fingerprint density at radius 1 is 1.28 bits per heavy atom. The largest absolute Gasteiger partial charge is 0.381 e. The van der Waals surface area contributed by atoms with E-state index in [0.29, 0.717) is 12.5 Å². The summed E-state index contributed by atoms with van der Waals surface area (Å²) in [6.07, 6.45) is 3.20. The SMILES string of the molecule is CN=C(NCCCOCC1CCOCC1)NCc1ccccc1Cl.I. The lowest BCUT2D eigenvalue weighted by Gasteiger charge is -2.21. The Morgan fingerprint density at radius 3 is 2.76 bits per heavy atom. The molecule has 0 saturated carbocycles. The molecule has 2 N–H and O–H groups in total. The van der Waals surface area contributed by atoms with Crippen molar-refractivity contribution in [1.29, 1.82) is 0 Å². The number of rotatable bonds is 8. The van der Waals surface area contributed by atoms with E-state index < -0.39 is 0 Å². The summed E-state index contributed by atoms with van der Waals surface area (Å²) in [5.74, 6) is 1.44. The second kappa shape index (κ2) is 13.6. The van der Waals surface area contributed by atoms with Gasteiger partial charge < -0.3 is 20.1 Å². The standard InChI is InChI=1S/C18H28ClN3O2.HI/c1-20-18(22-13-16-5-2-3-6-17(16)19)21-9-4-10-24-14-15-7-11-23-12-8-15;/h2-3,5-6,15H,4,7-14H2,1H3,(H2,20,21,22);1H. The first-order valence-corrected chi connectivity index (χ1v) is 9.01. The summed E-state index contributed by atoms with van der Waals surface area (Å²) < 4.78 is 11.1. The summed E-state index contributed by atoms with van der Waals surface area (Å²) >= 11 is 6.15. The highest BCUT2D eigenvalue weighted by molar-refractivity contribution is 14.0. The molecule has 25 heavy (non-hydrogen) atoms. The Bertz CT molecular complexity index is 511. The highest BCUT2D eigenvalue weighted by atomic mass is 127. The van der Waals surface area contributed by atoms with Crippen LogP contribution >= 0.6 is 35.6 Å². The van der Waals surface area contributed by atoms with Crippen molar-refractivity contribution < 1.29 is 9.47 Å². The second-order valence-electron chi connectivity index (χ2n) is 5.93. The summed E-state index contributed by atoms with van der Waals surface area (Å²) in [5, 5.41) is 7.33. The van der Waals surface area contributed by atoms with Crippen LogP contribution in [0.4, 0.5) is 0 Å². The van der Waals surface area contributed by atoms with Gasteiger partial charge in [-0.3, -0.25) is 4.99 Å². The summed E-state index contributed by atoms with van der Waals surface area (Å²) in [5.41, 5.74) is 1.06. The molecule has 142 valence electrons. The van der Waals surface area contributed by atoms with Gasteiger partial charge in [0.1, 0.15) is 0 Å². The van der Waals surface area contributed by atoms with E-state index in [1.54, 1.807) is 7.05 Å². The van der Waals surface area contributed by atoms with Crippen molar-refractivity contribution in [2.75, 3.05) is 40.0 Å². The minimum Gasteiger partial charge on any atom is -0.381 e. The number of guanidine groups is 1. The van der Waals surface area contributed by atoms with Gasteiger partial charge in [-0.15, -0.1) is 24.0 Å². The predicted molar refractivity (Wildman–Crippen MR) is 114 cm³/mol. The topological polar surface area (TPSA) is 54.9 Å². The molecule has 0 spiro atoms. The molecular formula is C18H29ClIN3O2. The Kier molecular flexibility index (Phi) is 12.2. The fourth-order valence-electron chi connectivity index (χ4n) is 2.59. The van der Waals surface area contributed by atoms with Crippen LogP contribution < -0.4 is 10.6 Å². The average Bonchev–Trinajstić information content (AvgIpc) is 2.62. The van der Waals surface area contributed by atoms with E-state index in [4.69, 9.17) is 21.1 Å². The summed E-state index contributed by atoms with van der Waals surface area (Å²) in [6, 6.07) is 7.81. The van der Waals surface area contributed by atoms with Gasteiger partial charge in [-0.2, -0.15) is 0 Å². The smallest absolute Gasteiger partial charge is 0.191 e. The molecule has 0 radical (unpaired) electrons. The van der Waals surface area contributed by atoms with Gasteiger partial charge in [0.05, 0.1) is 0 Å². The van der Waals surface area contributed by atoms with Crippen LogP contribution in [0.15, 0.2) is 29.3 Å². The maximum atomic E-state index is 6.15. The van der Waals surface area contributed by atoms with Crippen molar-refractivity contribution in [3.8, 4) is 0 Å². The van der Waals surface area contributed by atoms with Crippen LogP contribution in [0.1, 0.15) is 24.8 Å². The Labute approximate surface area is 172 Å². The number of benzene rings is 1. The Hall–Kier alpha value is -0.570. The molecule has 7 heteroatoms. The molecule has 1 aromatic carbocycles. The molecule has 1 aliphatic rings. The number of hydrogen-bond donors (Lipinski definition) is 2. The van der Waals surface area contributed by atoms with Crippen LogP contribution in [0, 0.1) is 5.92 Å². The number of hydrogen-bond acceptors (Lipinski definition) is 3. The van der Waals surface area contributed by atoms with E-state index in [9.17, 15) is 0 Å². The minimum absolute atomic E-state index is 0. The van der Waals surface area contributed by atoms with Crippen molar-refractivity contribution >= 4 is 41.5 Å². The first kappa shape index (κ1) is 22.5. The van der Waals surface area contributed by atoms with E-state index in [2.05, 4.69) is 15.6 Å². The van der Waals surface area contributed by atoms with Gasteiger partial charge in [-0.25, -0.2) is 0 Å². The van der Waals surface area contributed by atoms with Crippen LogP contribution in [0.25, 0.3) is 0 Å². The second-order valence-corrected chi connectivity index (χ2v) is 6.34. The number of nitrogens with zero attached hydrogens (tertiary/aromatic N) is 1. The summed E-state index contributed by atoms with van der Waals surface area (Å²) in [6.45, 7) is 4.86. The molecule has 5 nitrogen and oxygen atoms in total. The molecule has 0 unspecified atom stereocenters. The van der Waals surface area contributed by atoms with Crippen molar-refractivity contribution in [3.63, 3.8) is 0 Å². The third kappa shape index (κ3) is 9.08. The first-order valence-electron chi connectivity index (χ1n) is 8.63. The molecular weight excluding hydrogens is 453 g/mol. The van der Waals surface area contributed by atoms with Gasteiger partial charge >= 0.3 is 0 Å². The van der Waals surface area contributed by atoms with Gasteiger partial charge in [0.2, 0.25) is 0 Å². The van der Waals surface area contributed by atoms with E-state index in [0.717, 1.165) is 68.8 Å². The first-order chi connectivity index (χ1) is 11.8. The third-order valence-electron chi connectivity index (χ3n) is 4.08. The quantitative estimate of drug-likeness (QED) is 0.258. The molecule has 1 aliphatic heterocycles. The molecule has 1 fully saturated rings. The van der Waals surface area contributed by atoms with Crippen molar-refractivity contribution in [1.82, 2.24) is 10.6 Å². The van der Waals surface area contributed by atoms with Gasteiger partial charge in [-0.1, -0.05) is 29.8 Å². The van der Waals surface area contributed by atoms with E-state index in [1.165, 1.54) is 0 Å². The van der Waals surface area contributed by atoms with Crippen LogP contribution in [-0.2, 0) is 16.0 Å².